The summed E-state index contributed by atoms with van der Waals surface area (Å²) in [6.45, 7) is 6.54. The van der Waals surface area contributed by atoms with Gasteiger partial charge in [-0.1, -0.05) is 29.8 Å². The third-order valence-electron chi connectivity index (χ3n) is 4.41. The van der Waals surface area contributed by atoms with Crippen LogP contribution < -0.4 is 15.4 Å². The summed E-state index contributed by atoms with van der Waals surface area (Å²) in [4.78, 5) is 21.1. The number of nitrogens with zero attached hydrogens (tertiary/aromatic N) is 2. The van der Waals surface area contributed by atoms with E-state index in [-0.39, 0.29) is 5.91 Å². The molecule has 0 aliphatic heterocycles. The quantitative estimate of drug-likeness (QED) is 0.678. The van der Waals surface area contributed by atoms with Gasteiger partial charge in [0.15, 0.2) is 0 Å². The minimum absolute atomic E-state index is 0.251. The van der Waals surface area contributed by atoms with E-state index >= 15 is 0 Å². The van der Waals surface area contributed by atoms with Gasteiger partial charge in [0, 0.05) is 18.4 Å². The highest BCUT2D eigenvalue weighted by atomic mass is 16.5. The molecule has 0 aliphatic rings. The molecule has 1 heterocycles. The van der Waals surface area contributed by atoms with Crippen molar-refractivity contribution in [1.82, 2.24) is 15.3 Å². The number of hydrogen-bond donors (Lipinski definition) is 2. The Balaban J connectivity index is 1.69. The number of nitrogens with one attached hydrogen (secondary N) is 2. The molecule has 0 spiro atoms. The Kier molecular flexibility index (Phi) is 5.89. The van der Waals surface area contributed by atoms with Gasteiger partial charge in [0.2, 0.25) is 5.95 Å². The van der Waals surface area contributed by atoms with Gasteiger partial charge in [0.25, 0.3) is 5.91 Å². The number of benzene rings is 2. The first kappa shape index (κ1) is 19.4. The van der Waals surface area contributed by atoms with Gasteiger partial charge in [-0.2, -0.15) is 0 Å². The number of amides is 1. The summed E-state index contributed by atoms with van der Waals surface area (Å²) >= 11 is 0. The maximum atomic E-state index is 12.5. The van der Waals surface area contributed by atoms with Crippen molar-refractivity contribution in [3.8, 4) is 5.75 Å². The zero-order valence-corrected chi connectivity index (χ0v) is 16.5. The van der Waals surface area contributed by atoms with Crippen LogP contribution in [0.5, 0.6) is 5.75 Å². The summed E-state index contributed by atoms with van der Waals surface area (Å²) in [5.74, 6) is 0.925. The summed E-state index contributed by atoms with van der Waals surface area (Å²) < 4.78 is 5.14. The van der Waals surface area contributed by atoms with Crippen LogP contribution in [-0.4, -0.2) is 23.0 Å². The molecule has 0 bridgehead atoms. The van der Waals surface area contributed by atoms with Gasteiger partial charge >= 0.3 is 0 Å². The molecule has 0 unspecified atom stereocenters. The Bertz CT molecular complexity index is 961. The molecule has 0 aliphatic carbocycles. The van der Waals surface area contributed by atoms with Gasteiger partial charge in [-0.25, -0.2) is 9.97 Å². The Morgan fingerprint density at radius 1 is 1.04 bits per heavy atom. The van der Waals surface area contributed by atoms with Gasteiger partial charge in [0.1, 0.15) is 11.4 Å². The van der Waals surface area contributed by atoms with Crippen molar-refractivity contribution in [3.05, 3.63) is 76.6 Å². The molecule has 6 heteroatoms. The highest BCUT2D eigenvalue weighted by molar-refractivity contribution is 5.92. The summed E-state index contributed by atoms with van der Waals surface area (Å²) in [5.41, 5.74) is 5.67. The largest absolute Gasteiger partial charge is 0.497 e. The Labute approximate surface area is 165 Å². The molecule has 0 fully saturated rings. The fourth-order valence-electron chi connectivity index (χ4n) is 3.05. The lowest BCUT2D eigenvalue weighted by molar-refractivity contribution is 0.0946. The number of anilines is 2. The molecule has 0 saturated carbocycles. The van der Waals surface area contributed by atoms with Gasteiger partial charge in [0.05, 0.1) is 7.11 Å². The van der Waals surface area contributed by atoms with Crippen LogP contribution in [0.4, 0.5) is 11.6 Å². The van der Waals surface area contributed by atoms with Crippen molar-refractivity contribution in [3.63, 3.8) is 0 Å². The number of aryl methyl sites for hydroxylation is 3. The molecule has 2 aromatic carbocycles. The van der Waals surface area contributed by atoms with Crippen LogP contribution >= 0.6 is 0 Å². The number of hydrogen-bond acceptors (Lipinski definition) is 5. The molecule has 0 atom stereocenters. The van der Waals surface area contributed by atoms with Crippen molar-refractivity contribution in [1.29, 1.82) is 0 Å². The molecule has 144 valence electrons. The van der Waals surface area contributed by atoms with Crippen molar-refractivity contribution in [2.45, 2.75) is 27.3 Å². The first-order chi connectivity index (χ1) is 13.5. The van der Waals surface area contributed by atoms with E-state index in [1.165, 1.54) is 5.56 Å². The van der Waals surface area contributed by atoms with Crippen LogP contribution in [0, 0.1) is 20.8 Å². The summed E-state index contributed by atoms with van der Waals surface area (Å²) in [7, 11) is 1.62. The third kappa shape index (κ3) is 4.65. The predicted molar refractivity (Wildman–Crippen MR) is 110 cm³/mol. The molecule has 3 rings (SSSR count). The average molecular weight is 376 g/mol. The molecule has 6 nitrogen and oxygen atoms in total. The SMILES string of the molecule is COc1ccc(CNC(=O)c2ccnc(Nc3c(C)cc(C)cc3C)n2)cc1. The smallest absolute Gasteiger partial charge is 0.270 e. The van der Waals surface area contributed by atoms with Crippen molar-refractivity contribution in [2.75, 3.05) is 12.4 Å². The van der Waals surface area contributed by atoms with E-state index in [1.807, 2.05) is 38.1 Å². The maximum absolute atomic E-state index is 12.5. The minimum Gasteiger partial charge on any atom is -0.497 e. The minimum atomic E-state index is -0.251. The standard InChI is InChI=1S/C22H24N4O2/c1-14-11-15(2)20(16(3)12-14)26-22-23-10-9-19(25-22)21(27)24-13-17-5-7-18(28-4)8-6-17/h5-12H,13H2,1-4H3,(H,24,27)(H,23,25,26). The molecule has 0 radical (unpaired) electrons. The van der Waals surface area contributed by atoms with Crippen LogP contribution in [0.2, 0.25) is 0 Å². The molecule has 2 N–H and O–H groups in total. The van der Waals surface area contributed by atoms with Gasteiger partial charge in [-0.05, 0) is 55.7 Å². The van der Waals surface area contributed by atoms with Crippen LogP contribution in [0.1, 0.15) is 32.7 Å². The van der Waals surface area contributed by atoms with E-state index in [0.717, 1.165) is 28.1 Å². The highest BCUT2D eigenvalue weighted by Gasteiger charge is 2.11. The second-order valence-corrected chi connectivity index (χ2v) is 6.69. The van der Waals surface area contributed by atoms with E-state index in [1.54, 1.807) is 19.4 Å². The lowest BCUT2D eigenvalue weighted by atomic mass is 10.1. The van der Waals surface area contributed by atoms with Gasteiger partial charge in [-0.15, -0.1) is 0 Å². The lowest BCUT2D eigenvalue weighted by Crippen LogP contribution is -2.24. The second kappa shape index (κ2) is 8.52. The fraction of sp³-hybridized carbons (Fsp3) is 0.227. The zero-order chi connectivity index (χ0) is 20.1. The van der Waals surface area contributed by atoms with E-state index in [9.17, 15) is 4.79 Å². The first-order valence-electron chi connectivity index (χ1n) is 9.05. The second-order valence-electron chi connectivity index (χ2n) is 6.69. The van der Waals surface area contributed by atoms with Crippen molar-refractivity contribution >= 4 is 17.5 Å². The number of ether oxygens (including phenoxy) is 1. The monoisotopic (exact) mass is 376 g/mol. The number of methoxy groups -OCH3 is 1. The molecule has 1 amide bonds. The number of rotatable bonds is 6. The van der Waals surface area contributed by atoms with Gasteiger partial charge in [-0.3, -0.25) is 4.79 Å². The summed E-state index contributed by atoms with van der Waals surface area (Å²) in [6.07, 6.45) is 1.58. The Morgan fingerprint density at radius 2 is 1.71 bits per heavy atom. The first-order valence-corrected chi connectivity index (χ1v) is 9.05. The van der Waals surface area contributed by atoms with E-state index < -0.39 is 0 Å². The van der Waals surface area contributed by atoms with Crippen molar-refractivity contribution in [2.24, 2.45) is 0 Å². The molecule has 1 aromatic heterocycles. The maximum Gasteiger partial charge on any atom is 0.270 e. The third-order valence-corrected chi connectivity index (χ3v) is 4.41. The molecule has 0 saturated heterocycles. The summed E-state index contributed by atoms with van der Waals surface area (Å²) in [5, 5.41) is 6.11. The molecular weight excluding hydrogens is 352 g/mol. The van der Waals surface area contributed by atoms with Crippen LogP contribution in [0.25, 0.3) is 0 Å². The molecule has 28 heavy (non-hydrogen) atoms. The number of aromatic nitrogens is 2. The zero-order valence-electron chi connectivity index (χ0n) is 16.5. The Morgan fingerprint density at radius 3 is 2.36 bits per heavy atom. The van der Waals surface area contributed by atoms with Gasteiger partial charge < -0.3 is 15.4 Å². The van der Waals surface area contributed by atoms with Crippen LogP contribution in [0.15, 0.2) is 48.7 Å². The summed E-state index contributed by atoms with van der Waals surface area (Å²) in [6, 6.07) is 13.3. The highest BCUT2D eigenvalue weighted by Crippen LogP contribution is 2.24. The topological polar surface area (TPSA) is 76.1 Å². The molecular formula is C22H24N4O2. The van der Waals surface area contributed by atoms with E-state index in [4.69, 9.17) is 4.74 Å². The lowest BCUT2D eigenvalue weighted by Gasteiger charge is -2.13. The van der Waals surface area contributed by atoms with Crippen LogP contribution in [0.3, 0.4) is 0 Å². The normalized spacial score (nSPS) is 10.4. The fourth-order valence-corrected chi connectivity index (χ4v) is 3.05. The molecule has 3 aromatic rings. The predicted octanol–water partition coefficient (Wildman–Crippen LogP) is 4.08. The van der Waals surface area contributed by atoms with Crippen LogP contribution in [-0.2, 0) is 6.54 Å². The Hall–Kier alpha value is -3.41. The number of carbonyl (C=O) groups excluding carboxylic acids is 1. The van der Waals surface area contributed by atoms with E-state index in [2.05, 4.69) is 39.7 Å². The number of carbonyl (C=O) groups is 1. The van der Waals surface area contributed by atoms with Crippen molar-refractivity contribution < 1.29 is 9.53 Å². The average Bonchev–Trinajstić information content (AvgIpc) is 2.69. The van der Waals surface area contributed by atoms with E-state index in [0.29, 0.717) is 18.2 Å².